The van der Waals surface area contributed by atoms with Crippen LogP contribution >= 0.6 is 23.2 Å². The number of carbonyl (C=O) groups excluding carboxylic acids is 1. The van der Waals surface area contributed by atoms with Crippen LogP contribution < -0.4 is 14.8 Å². The number of benzene rings is 2. The molecule has 0 saturated heterocycles. The Bertz CT molecular complexity index is 967. The first-order chi connectivity index (χ1) is 12.6. The van der Waals surface area contributed by atoms with Gasteiger partial charge in [0.25, 0.3) is 5.91 Å². The highest BCUT2D eigenvalue weighted by Crippen LogP contribution is 2.32. The molecule has 0 bridgehead atoms. The Kier molecular flexibility index (Phi) is 4.44. The van der Waals surface area contributed by atoms with Gasteiger partial charge in [-0.25, -0.2) is 0 Å². The fourth-order valence-corrected chi connectivity index (χ4v) is 3.12. The third-order valence-electron chi connectivity index (χ3n) is 3.91. The molecule has 1 amide bonds. The van der Waals surface area contributed by atoms with Crippen molar-refractivity contribution in [2.45, 2.75) is 6.54 Å². The average Bonchev–Trinajstić information content (AvgIpc) is 3.26. The lowest BCUT2D eigenvalue weighted by Gasteiger charge is -2.07. The summed E-state index contributed by atoms with van der Waals surface area (Å²) in [5.41, 5.74) is 1.81. The summed E-state index contributed by atoms with van der Waals surface area (Å²) in [4.78, 5) is 12.4. The van der Waals surface area contributed by atoms with Gasteiger partial charge in [0.05, 0.1) is 18.4 Å². The molecule has 2 heterocycles. The van der Waals surface area contributed by atoms with Crippen molar-refractivity contribution in [1.29, 1.82) is 0 Å². The molecule has 1 aliphatic heterocycles. The van der Waals surface area contributed by atoms with Crippen LogP contribution in [0, 0.1) is 0 Å². The number of hydrogen-bond donors (Lipinski definition) is 1. The number of nitrogens with one attached hydrogen (secondary N) is 1. The lowest BCUT2D eigenvalue weighted by atomic mass is 10.2. The number of nitrogens with zero attached hydrogens (tertiary/aromatic N) is 2. The molecule has 0 spiro atoms. The van der Waals surface area contributed by atoms with Crippen molar-refractivity contribution >= 4 is 34.8 Å². The number of halogens is 2. The van der Waals surface area contributed by atoms with Gasteiger partial charge in [-0.1, -0.05) is 29.3 Å². The molecule has 0 unspecified atom stereocenters. The van der Waals surface area contributed by atoms with E-state index in [1.165, 1.54) is 0 Å². The topological polar surface area (TPSA) is 65.4 Å². The molecule has 0 radical (unpaired) electrons. The summed E-state index contributed by atoms with van der Waals surface area (Å²) in [5.74, 6) is 0.923. The molecule has 0 aliphatic carbocycles. The summed E-state index contributed by atoms with van der Waals surface area (Å²) in [6, 6.07) is 10.4. The standard InChI is InChI=1S/C18H13Cl2N3O3/c19-14-2-1-3-15(20)13(14)9-23-8-12(7-21-23)22-18(24)11-4-5-16-17(6-11)26-10-25-16/h1-8H,9-10H2,(H,22,24). The first-order valence-electron chi connectivity index (χ1n) is 7.76. The molecule has 0 atom stereocenters. The number of rotatable bonds is 4. The van der Waals surface area contributed by atoms with E-state index in [0.29, 0.717) is 39.3 Å². The lowest BCUT2D eigenvalue weighted by molar-refractivity contribution is 0.102. The maximum absolute atomic E-state index is 12.4. The Morgan fingerprint density at radius 2 is 1.92 bits per heavy atom. The van der Waals surface area contributed by atoms with Crippen molar-refractivity contribution in [3.05, 3.63) is 70.0 Å². The second-order valence-corrected chi connectivity index (χ2v) is 6.46. The summed E-state index contributed by atoms with van der Waals surface area (Å²) in [6.07, 6.45) is 3.28. The predicted molar refractivity (Wildman–Crippen MR) is 98.3 cm³/mol. The number of aromatic nitrogens is 2. The molecule has 26 heavy (non-hydrogen) atoms. The van der Waals surface area contributed by atoms with Gasteiger partial charge in [0.1, 0.15) is 0 Å². The fourth-order valence-electron chi connectivity index (χ4n) is 2.60. The normalized spacial score (nSPS) is 12.2. The quantitative estimate of drug-likeness (QED) is 0.725. The van der Waals surface area contributed by atoms with Crippen molar-refractivity contribution in [1.82, 2.24) is 9.78 Å². The van der Waals surface area contributed by atoms with Gasteiger partial charge in [0.15, 0.2) is 11.5 Å². The van der Waals surface area contributed by atoms with Gasteiger partial charge in [-0.15, -0.1) is 0 Å². The van der Waals surface area contributed by atoms with Crippen LogP contribution in [0.1, 0.15) is 15.9 Å². The van der Waals surface area contributed by atoms with E-state index in [4.69, 9.17) is 32.7 Å². The summed E-state index contributed by atoms with van der Waals surface area (Å²) in [7, 11) is 0. The van der Waals surface area contributed by atoms with Crippen LogP contribution in [-0.2, 0) is 6.54 Å². The van der Waals surface area contributed by atoms with Crippen LogP contribution in [-0.4, -0.2) is 22.5 Å². The molecular formula is C18H13Cl2N3O3. The fraction of sp³-hybridized carbons (Fsp3) is 0.111. The molecule has 4 rings (SSSR count). The maximum Gasteiger partial charge on any atom is 0.255 e. The minimum Gasteiger partial charge on any atom is -0.454 e. The summed E-state index contributed by atoms with van der Waals surface area (Å²) < 4.78 is 12.2. The van der Waals surface area contributed by atoms with Crippen LogP contribution in [0.25, 0.3) is 0 Å². The molecular weight excluding hydrogens is 377 g/mol. The maximum atomic E-state index is 12.4. The number of carbonyl (C=O) groups is 1. The third-order valence-corrected chi connectivity index (χ3v) is 4.62. The summed E-state index contributed by atoms with van der Waals surface area (Å²) >= 11 is 12.4. The Morgan fingerprint density at radius 3 is 2.73 bits per heavy atom. The first kappa shape index (κ1) is 16.8. The lowest BCUT2D eigenvalue weighted by Crippen LogP contribution is -2.11. The van der Waals surface area contributed by atoms with Gasteiger partial charge in [-0.2, -0.15) is 5.10 Å². The second-order valence-electron chi connectivity index (χ2n) is 5.65. The summed E-state index contributed by atoms with van der Waals surface area (Å²) in [6.45, 7) is 0.566. The Hall–Kier alpha value is -2.70. The smallest absolute Gasteiger partial charge is 0.255 e. The van der Waals surface area contributed by atoms with Gasteiger partial charge in [-0.05, 0) is 30.3 Å². The second kappa shape index (κ2) is 6.90. The molecule has 132 valence electrons. The molecule has 6 nitrogen and oxygen atoms in total. The van der Waals surface area contributed by atoms with Gasteiger partial charge in [-0.3, -0.25) is 9.48 Å². The van der Waals surface area contributed by atoms with Crippen molar-refractivity contribution in [3.8, 4) is 11.5 Å². The molecule has 2 aromatic carbocycles. The van der Waals surface area contributed by atoms with E-state index in [1.807, 2.05) is 0 Å². The minimum absolute atomic E-state index is 0.164. The zero-order valence-electron chi connectivity index (χ0n) is 13.4. The third kappa shape index (κ3) is 3.34. The number of amides is 1. The SMILES string of the molecule is O=C(Nc1cnn(Cc2c(Cl)cccc2Cl)c1)c1ccc2c(c1)OCO2. The van der Waals surface area contributed by atoms with Gasteiger partial charge in [0, 0.05) is 27.4 Å². The molecule has 1 N–H and O–H groups in total. The van der Waals surface area contributed by atoms with E-state index in [9.17, 15) is 4.79 Å². The zero-order chi connectivity index (χ0) is 18.1. The Balaban J connectivity index is 1.47. The van der Waals surface area contributed by atoms with E-state index in [0.717, 1.165) is 5.56 Å². The highest BCUT2D eigenvalue weighted by atomic mass is 35.5. The van der Waals surface area contributed by atoms with E-state index in [-0.39, 0.29) is 12.7 Å². The van der Waals surface area contributed by atoms with E-state index < -0.39 is 0 Å². The molecule has 8 heteroatoms. The van der Waals surface area contributed by atoms with Crippen molar-refractivity contribution in [2.24, 2.45) is 0 Å². The van der Waals surface area contributed by atoms with Crippen molar-refractivity contribution in [3.63, 3.8) is 0 Å². The van der Waals surface area contributed by atoms with Crippen molar-refractivity contribution in [2.75, 3.05) is 12.1 Å². The number of fused-ring (bicyclic) bond motifs is 1. The van der Waals surface area contributed by atoms with Gasteiger partial charge in [0.2, 0.25) is 6.79 Å². The van der Waals surface area contributed by atoms with Crippen molar-refractivity contribution < 1.29 is 14.3 Å². The highest BCUT2D eigenvalue weighted by Gasteiger charge is 2.16. The Labute approximate surface area is 159 Å². The molecule has 3 aromatic rings. The number of hydrogen-bond acceptors (Lipinski definition) is 4. The van der Waals surface area contributed by atoms with E-state index >= 15 is 0 Å². The number of ether oxygens (including phenoxy) is 2. The average molecular weight is 390 g/mol. The first-order valence-corrected chi connectivity index (χ1v) is 8.52. The van der Waals surface area contributed by atoms with Gasteiger partial charge < -0.3 is 14.8 Å². The number of anilines is 1. The van der Waals surface area contributed by atoms with E-state index in [2.05, 4.69) is 10.4 Å². The monoisotopic (exact) mass is 389 g/mol. The van der Waals surface area contributed by atoms with Gasteiger partial charge >= 0.3 is 0 Å². The molecule has 0 saturated carbocycles. The van der Waals surface area contributed by atoms with Crippen LogP contribution in [0.4, 0.5) is 5.69 Å². The molecule has 1 aliphatic rings. The van der Waals surface area contributed by atoms with Crippen LogP contribution in [0.2, 0.25) is 10.0 Å². The molecule has 1 aromatic heterocycles. The predicted octanol–water partition coefficient (Wildman–Crippen LogP) is 4.22. The molecule has 0 fully saturated rings. The van der Waals surface area contributed by atoms with Crippen LogP contribution in [0.15, 0.2) is 48.8 Å². The summed E-state index contributed by atoms with van der Waals surface area (Å²) in [5, 5.41) is 8.18. The zero-order valence-corrected chi connectivity index (χ0v) is 14.9. The van der Waals surface area contributed by atoms with Crippen LogP contribution in [0.3, 0.4) is 0 Å². The highest BCUT2D eigenvalue weighted by molar-refractivity contribution is 6.35. The Morgan fingerprint density at radius 1 is 1.15 bits per heavy atom. The minimum atomic E-state index is -0.265. The van der Waals surface area contributed by atoms with Crippen LogP contribution in [0.5, 0.6) is 11.5 Å². The van der Waals surface area contributed by atoms with E-state index in [1.54, 1.807) is 53.5 Å². The largest absolute Gasteiger partial charge is 0.454 e.